The molecule has 0 spiro atoms. The van der Waals surface area contributed by atoms with Crippen molar-refractivity contribution in [3.63, 3.8) is 0 Å². The number of amides is 1. The minimum atomic E-state index is -0.382. The smallest absolute Gasteiger partial charge is 0.240 e. The van der Waals surface area contributed by atoms with E-state index in [2.05, 4.69) is 29.3 Å². The minimum Gasteiger partial charge on any atom is -0.378 e. The maximum Gasteiger partial charge on any atom is 0.240 e. The average molecular weight is 395 g/mol. The molecule has 1 aromatic heterocycles. The summed E-state index contributed by atoms with van der Waals surface area (Å²) in [7, 11) is 0. The number of rotatable bonds is 5. The number of nitrogens with zero attached hydrogens (tertiary/aromatic N) is 4. The second-order valence-corrected chi connectivity index (χ2v) is 7.74. The molecule has 4 rings (SSSR count). The number of hydrogen-bond donors (Lipinski definition) is 0. The van der Waals surface area contributed by atoms with E-state index in [1.54, 1.807) is 6.33 Å². The molecule has 1 aliphatic heterocycles. The van der Waals surface area contributed by atoms with Gasteiger partial charge in [-0.25, -0.2) is 0 Å². The average Bonchev–Trinajstić information content (AvgIpc) is 3.21. The van der Waals surface area contributed by atoms with Gasteiger partial charge < -0.3 is 9.64 Å². The van der Waals surface area contributed by atoms with E-state index in [1.165, 1.54) is 17.3 Å². The summed E-state index contributed by atoms with van der Waals surface area (Å²) in [5, 5.41) is 8.69. The summed E-state index contributed by atoms with van der Waals surface area (Å²) < 4.78 is 7.32. The molecule has 1 fully saturated rings. The first-order valence-corrected chi connectivity index (χ1v) is 10.2. The Bertz CT molecular complexity index is 921. The van der Waals surface area contributed by atoms with Crippen LogP contribution in [-0.2, 0) is 9.53 Å². The highest BCUT2D eigenvalue weighted by molar-refractivity contribution is 8.00. The highest BCUT2D eigenvalue weighted by Crippen LogP contribution is 2.36. The van der Waals surface area contributed by atoms with Gasteiger partial charge in [0.2, 0.25) is 5.91 Å². The van der Waals surface area contributed by atoms with Crippen LogP contribution in [0, 0.1) is 6.92 Å². The minimum absolute atomic E-state index is 0.0814. The maximum atomic E-state index is 13.3. The van der Waals surface area contributed by atoms with Gasteiger partial charge in [-0.3, -0.25) is 9.36 Å². The van der Waals surface area contributed by atoms with Gasteiger partial charge in [-0.2, -0.15) is 0 Å². The zero-order chi connectivity index (χ0) is 19.3. The van der Waals surface area contributed by atoms with Crippen LogP contribution in [0.3, 0.4) is 0 Å². The van der Waals surface area contributed by atoms with Crippen molar-refractivity contribution in [3.8, 4) is 5.69 Å². The van der Waals surface area contributed by atoms with E-state index in [1.807, 2.05) is 51.9 Å². The molecule has 2 heterocycles. The van der Waals surface area contributed by atoms with Crippen LogP contribution in [0.15, 0.2) is 66.1 Å². The lowest BCUT2D eigenvalue weighted by molar-refractivity contribution is -0.134. The van der Waals surface area contributed by atoms with Crippen LogP contribution in [0.1, 0.15) is 16.4 Å². The molecular formula is C21H22N4O2S. The summed E-state index contributed by atoms with van der Waals surface area (Å²) in [6, 6.07) is 18.0. The molecule has 1 unspecified atom stereocenters. The Kier molecular flexibility index (Phi) is 5.73. The number of benzene rings is 2. The van der Waals surface area contributed by atoms with Crippen molar-refractivity contribution in [1.29, 1.82) is 0 Å². The van der Waals surface area contributed by atoms with Gasteiger partial charge in [0, 0.05) is 18.8 Å². The van der Waals surface area contributed by atoms with Crippen molar-refractivity contribution in [2.75, 3.05) is 26.3 Å². The van der Waals surface area contributed by atoms with Gasteiger partial charge in [0.1, 0.15) is 11.6 Å². The summed E-state index contributed by atoms with van der Waals surface area (Å²) in [5.74, 6) is 0.0814. The van der Waals surface area contributed by atoms with Crippen LogP contribution < -0.4 is 0 Å². The van der Waals surface area contributed by atoms with E-state index in [4.69, 9.17) is 4.74 Å². The molecule has 2 aromatic carbocycles. The first-order valence-electron chi connectivity index (χ1n) is 9.27. The normalized spacial score (nSPS) is 15.4. The third-order valence-electron chi connectivity index (χ3n) is 4.70. The van der Waals surface area contributed by atoms with Crippen LogP contribution in [0.4, 0.5) is 0 Å². The standard InChI is InChI=1S/C21H22N4O2S/c1-16-7-9-18(10-8-16)25-15-22-23-21(25)28-19(17-5-3-2-4-6-17)20(26)24-11-13-27-14-12-24/h2-10,15,19H,11-14H2,1H3. The predicted octanol–water partition coefficient (Wildman–Crippen LogP) is 3.27. The van der Waals surface area contributed by atoms with Crippen LogP contribution in [0.5, 0.6) is 0 Å². The van der Waals surface area contributed by atoms with Gasteiger partial charge >= 0.3 is 0 Å². The summed E-state index contributed by atoms with van der Waals surface area (Å²) in [5.41, 5.74) is 3.13. The molecule has 7 heteroatoms. The van der Waals surface area contributed by atoms with E-state index < -0.39 is 0 Å². The summed E-state index contributed by atoms with van der Waals surface area (Å²) in [6.45, 7) is 4.45. The molecule has 6 nitrogen and oxygen atoms in total. The SMILES string of the molecule is Cc1ccc(-n2cnnc2SC(C(=O)N2CCOCC2)c2ccccc2)cc1. The molecule has 1 atom stereocenters. The Labute approximate surface area is 168 Å². The molecule has 0 N–H and O–H groups in total. The first kappa shape index (κ1) is 18.7. The van der Waals surface area contributed by atoms with Crippen molar-refractivity contribution >= 4 is 17.7 Å². The van der Waals surface area contributed by atoms with Crippen molar-refractivity contribution in [2.45, 2.75) is 17.3 Å². The van der Waals surface area contributed by atoms with Crippen molar-refractivity contribution in [3.05, 3.63) is 72.1 Å². The molecule has 1 amide bonds. The van der Waals surface area contributed by atoms with Crippen molar-refractivity contribution < 1.29 is 9.53 Å². The highest BCUT2D eigenvalue weighted by Gasteiger charge is 2.29. The molecule has 0 bridgehead atoms. The van der Waals surface area contributed by atoms with Crippen LogP contribution in [-0.4, -0.2) is 51.9 Å². The summed E-state index contributed by atoms with van der Waals surface area (Å²) >= 11 is 1.43. The lowest BCUT2D eigenvalue weighted by Crippen LogP contribution is -2.42. The molecule has 28 heavy (non-hydrogen) atoms. The van der Waals surface area contributed by atoms with Gasteiger partial charge in [0.15, 0.2) is 5.16 Å². The number of carbonyl (C=O) groups excluding carboxylic acids is 1. The molecule has 0 saturated carbocycles. The number of morpholine rings is 1. The number of hydrogen-bond acceptors (Lipinski definition) is 5. The number of ether oxygens (including phenoxy) is 1. The number of carbonyl (C=O) groups is 1. The Morgan fingerprint density at radius 3 is 2.50 bits per heavy atom. The lowest BCUT2D eigenvalue weighted by Gasteiger charge is -2.30. The molecular weight excluding hydrogens is 372 g/mol. The van der Waals surface area contributed by atoms with Gasteiger partial charge in [-0.1, -0.05) is 59.8 Å². The van der Waals surface area contributed by atoms with Crippen LogP contribution in [0.25, 0.3) is 5.69 Å². The van der Waals surface area contributed by atoms with E-state index in [0.717, 1.165) is 11.3 Å². The fraction of sp³-hybridized carbons (Fsp3) is 0.286. The van der Waals surface area contributed by atoms with Gasteiger partial charge in [0.05, 0.1) is 13.2 Å². The molecule has 1 aliphatic rings. The van der Waals surface area contributed by atoms with Crippen molar-refractivity contribution in [2.24, 2.45) is 0 Å². The largest absolute Gasteiger partial charge is 0.378 e. The summed E-state index contributed by atoms with van der Waals surface area (Å²) in [4.78, 5) is 15.2. The summed E-state index contributed by atoms with van der Waals surface area (Å²) in [6.07, 6.45) is 1.69. The van der Waals surface area contributed by atoms with Gasteiger partial charge in [-0.05, 0) is 24.6 Å². The molecule has 3 aromatic rings. The quantitative estimate of drug-likeness (QED) is 0.622. The molecule has 0 aliphatic carbocycles. The zero-order valence-electron chi connectivity index (χ0n) is 15.7. The lowest BCUT2D eigenvalue weighted by atomic mass is 10.1. The second kappa shape index (κ2) is 8.58. The number of aryl methyl sites for hydroxylation is 1. The Hall–Kier alpha value is -2.64. The van der Waals surface area contributed by atoms with Gasteiger partial charge in [0.25, 0.3) is 0 Å². The second-order valence-electron chi connectivity index (χ2n) is 6.67. The fourth-order valence-electron chi connectivity index (χ4n) is 3.13. The maximum absolute atomic E-state index is 13.3. The van der Waals surface area contributed by atoms with Crippen LogP contribution in [0.2, 0.25) is 0 Å². The predicted molar refractivity (Wildman–Crippen MR) is 109 cm³/mol. The first-order chi connectivity index (χ1) is 13.7. The van der Waals surface area contributed by atoms with E-state index in [-0.39, 0.29) is 11.2 Å². The zero-order valence-corrected chi connectivity index (χ0v) is 16.5. The number of aromatic nitrogens is 3. The monoisotopic (exact) mass is 394 g/mol. The van der Waals surface area contributed by atoms with Crippen molar-refractivity contribution in [1.82, 2.24) is 19.7 Å². The molecule has 1 saturated heterocycles. The van der Waals surface area contributed by atoms with E-state index in [9.17, 15) is 4.79 Å². The molecule has 144 valence electrons. The van der Waals surface area contributed by atoms with E-state index >= 15 is 0 Å². The fourth-order valence-corrected chi connectivity index (χ4v) is 4.25. The van der Waals surface area contributed by atoms with Gasteiger partial charge in [-0.15, -0.1) is 10.2 Å². The highest BCUT2D eigenvalue weighted by atomic mass is 32.2. The third kappa shape index (κ3) is 4.10. The Morgan fingerprint density at radius 2 is 1.79 bits per heavy atom. The van der Waals surface area contributed by atoms with E-state index in [0.29, 0.717) is 31.5 Å². The topological polar surface area (TPSA) is 60.2 Å². The van der Waals surface area contributed by atoms with Crippen LogP contribution >= 0.6 is 11.8 Å². The number of thioether (sulfide) groups is 1. The molecule has 0 radical (unpaired) electrons. The Balaban J connectivity index is 1.64. The third-order valence-corrected chi connectivity index (χ3v) is 5.90. The Morgan fingerprint density at radius 1 is 1.07 bits per heavy atom.